The normalized spacial score (nSPS) is 14.6. The summed E-state index contributed by atoms with van der Waals surface area (Å²) in [6.45, 7) is 3.89. The average molecular weight is 316 g/mol. The first-order valence-electron chi connectivity index (χ1n) is 5.30. The van der Waals surface area contributed by atoms with Crippen LogP contribution in [0.2, 0.25) is 0 Å². The molecule has 2 atom stereocenters. The molecule has 82 valence electrons. The van der Waals surface area contributed by atoms with Crippen molar-refractivity contribution in [2.75, 3.05) is 0 Å². The molecule has 0 aliphatic heterocycles. The lowest BCUT2D eigenvalue weighted by molar-refractivity contribution is -0.116. The first kappa shape index (κ1) is 12.7. The van der Waals surface area contributed by atoms with Crippen molar-refractivity contribution in [2.45, 2.75) is 36.5 Å². The zero-order chi connectivity index (χ0) is 11.3. The summed E-state index contributed by atoms with van der Waals surface area (Å²) in [6, 6.07) is 10.5. The van der Waals surface area contributed by atoms with Crippen LogP contribution >= 0.6 is 22.6 Å². The number of alkyl halides is 1. The van der Waals surface area contributed by atoms with E-state index in [9.17, 15) is 4.79 Å². The number of benzene rings is 1. The van der Waals surface area contributed by atoms with E-state index in [1.807, 2.05) is 6.07 Å². The Morgan fingerprint density at radius 3 is 2.40 bits per heavy atom. The lowest BCUT2D eigenvalue weighted by atomic mass is 9.95. The number of hydrogen-bond donors (Lipinski definition) is 0. The van der Waals surface area contributed by atoms with Crippen LogP contribution in [0.3, 0.4) is 0 Å². The third-order valence-corrected chi connectivity index (χ3v) is 4.16. The molecule has 0 fully saturated rings. The van der Waals surface area contributed by atoms with Gasteiger partial charge in [0, 0.05) is 0 Å². The molecule has 1 aromatic rings. The molecule has 2 unspecified atom stereocenters. The summed E-state index contributed by atoms with van der Waals surface area (Å²) in [5.74, 6) is 0.832. The van der Waals surface area contributed by atoms with Crippen molar-refractivity contribution < 1.29 is 4.79 Å². The summed E-state index contributed by atoms with van der Waals surface area (Å²) in [5.41, 5.74) is 1.37. The summed E-state index contributed by atoms with van der Waals surface area (Å²) < 4.78 is 0.175. The van der Waals surface area contributed by atoms with Crippen molar-refractivity contribution in [3.8, 4) is 0 Å². The molecule has 2 heteroatoms. The van der Waals surface area contributed by atoms with E-state index in [-0.39, 0.29) is 9.71 Å². The zero-order valence-corrected chi connectivity index (χ0v) is 11.4. The maximum absolute atomic E-state index is 11.1. The topological polar surface area (TPSA) is 17.1 Å². The SMILES string of the molecule is CC(=O)C(I)CCC(C)c1ccccc1. The highest BCUT2D eigenvalue weighted by Crippen LogP contribution is 2.23. The molecule has 15 heavy (non-hydrogen) atoms. The average Bonchev–Trinajstić information content (AvgIpc) is 2.26. The third-order valence-electron chi connectivity index (χ3n) is 2.66. The van der Waals surface area contributed by atoms with Crippen molar-refractivity contribution in [2.24, 2.45) is 0 Å². The Labute approximate surface area is 105 Å². The Bertz CT molecular complexity index is 308. The quantitative estimate of drug-likeness (QED) is 0.593. The van der Waals surface area contributed by atoms with Crippen LogP contribution in [0.1, 0.15) is 38.2 Å². The van der Waals surface area contributed by atoms with Crippen molar-refractivity contribution in [3.63, 3.8) is 0 Å². The van der Waals surface area contributed by atoms with Crippen molar-refractivity contribution in [1.29, 1.82) is 0 Å². The van der Waals surface area contributed by atoms with E-state index in [1.54, 1.807) is 6.92 Å². The fraction of sp³-hybridized carbons (Fsp3) is 0.462. The largest absolute Gasteiger partial charge is 0.299 e. The lowest BCUT2D eigenvalue weighted by Crippen LogP contribution is -2.10. The van der Waals surface area contributed by atoms with E-state index in [4.69, 9.17) is 0 Å². The van der Waals surface area contributed by atoms with Crippen LogP contribution < -0.4 is 0 Å². The molecule has 1 rings (SSSR count). The first-order chi connectivity index (χ1) is 7.11. The van der Waals surface area contributed by atoms with E-state index in [0.29, 0.717) is 5.92 Å². The van der Waals surface area contributed by atoms with Crippen LogP contribution in [0.4, 0.5) is 0 Å². The minimum Gasteiger partial charge on any atom is -0.299 e. The van der Waals surface area contributed by atoms with E-state index in [0.717, 1.165) is 12.8 Å². The van der Waals surface area contributed by atoms with Gasteiger partial charge >= 0.3 is 0 Å². The Morgan fingerprint density at radius 1 is 1.27 bits per heavy atom. The summed E-state index contributed by atoms with van der Waals surface area (Å²) in [5, 5.41) is 0. The first-order valence-corrected chi connectivity index (χ1v) is 6.55. The number of carbonyl (C=O) groups excluding carboxylic acids is 1. The van der Waals surface area contributed by atoms with Crippen molar-refractivity contribution >= 4 is 28.4 Å². The highest BCUT2D eigenvalue weighted by atomic mass is 127. The van der Waals surface area contributed by atoms with Gasteiger partial charge < -0.3 is 0 Å². The van der Waals surface area contributed by atoms with Gasteiger partial charge in [-0.1, -0.05) is 59.8 Å². The molecule has 0 bridgehead atoms. The summed E-state index contributed by atoms with van der Waals surface area (Å²) >= 11 is 2.23. The molecule has 0 radical (unpaired) electrons. The van der Waals surface area contributed by atoms with Crippen molar-refractivity contribution in [1.82, 2.24) is 0 Å². The van der Waals surface area contributed by atoms with Crippen molar-refractivity contribution in [3.05, 3.63) is 35.9 Å². The summed E-state index contributed by atoms with van der Waals surface area (Å²) in [7, 11) is 0. The lowest BCUT2D eigenvalue weighted by Gasteiger charge is -2.13. The van der Waals surface area contributed by atoms with Gasteiger partial charge in [0.2, 0.25) is 0 Å². The molecule has 0 amide bonds. The van der Waals surface area contributed by atoms with E-state index < -0.39 is 0 Å². The van der Waals surface area contributed by atoms with E-state index in [2.05, 4.69) is 53.8 Å². The Hall–Kier alpha value is -0.380. The van der Waals surface area contributed by atoms with Crippen LogP contribution in [-0.2, 0) is 4.79 Å². The molecule has 0 saturated carbocycles. The number of halogens is 1. The van der Waals surface area contributed by atoms with Gasteiger partial charge in [-0.25, -0.2) is 0 Å². The van der Waals surface area contributed by atoms with Gasteiger partial charge in [0.1, 0.15) is 5.78 Å². The van der Waals surface area contributed by atoms with Gasteiger partial charge in [-0.2, -0.15) is 0 Å². The molecule has 0 heterocycles. The maximum atomic E-state index is 11.1. The zero-order valence-electron chi connectivity index (χ0n) is 9.24. The smallest absolute Gasteiger partial charge is 0.142 e. The van der Waals surface area contributed by atoms with Crippen LogP contribution in [0, 0.1) is 0 Å². The molecule has 1 aromatic carbocycles. The second-order valence-electron chi connectivity index (χ2n) is 3.97. The Morgan fingerprint density at radius 2 is 1.87 bits per heavy atom. The van der Waals surface area contributed by atoms with Gasteiger partial charge in [0.25, 0.3) is 0 Å². The minimum atomic E-state index is 0.175. The van der Waals surface area contributed by atoms with Crippen LogP contribution in [-0.4, -0.2) is 9.71 Å². The molecule has 0 aromatic heterocycles. The molecule has 0 aliphatic carbocycles. The maximum Gasteiger partial charge on any atom is 0.142 e. The summed E-state index contributed by atoms with van der Waals surface area (Å²) in [4.78, 5) is 11.1. The fourth-order valence-corrected chi connectivity index (χ4v) is 1.91. The standard InChI is InChI=1S/C13H17IO/c1-10(8-9-13(14)11(2)15)12-6-4-3-5-7-12/h3-7,10,13H,8-9H2,1-2H3. The van der Waals surface area contributed by atoms with Crippen LogP contribution in [0.5, 0.6) is 0 Å². The molecule has 0 saturated heterocycles. The second-order valence-corrected chi connectivity index (χ2v) is 5.47. The Balaban J connectivity index is 2.43. The molecule has 1 nitrogen and oxygen atoms in total. The molecule has 0 N–H and O–H groups in total. The number of rotatable bonds is 5. The fourth-order valence-electron chi connectivity index (χ4n) is 1.55. The highest BCUT2D eigenvalue weighted by Gasteiger charge is 2.12. The number of hydrogen-bond acceptors (Lipinski definition) is 1. The van der Waals surface area contributed by atoms with E-state index >= 15 is 0 Å². The van der Waals surface area contributed by atoms with E-state index in [1.165, 1.54) is 5.56 Å². The minimum absolute atomic E-state index is 0.175. The van der Waals surface area contributed by atoms with Crippen LogP contribution in [0.25, 0.3) is 0 Å². The second kappa shape index (κ2) is 6.26. The van der Waals surface area contributed by atoms with Gasteiger partial charge in [-0.15, -0.1) is 0 Å². The summed E-state index contributed by atoms with van der Waals surface area (Å²) in [6.07, 6.45) is 2.06. The predicted octanol–water partition coefficient (Wildman–Crippen LogP) is 3.96. The molecule has 0 aliphatic rings. The van der Waals surface area contributed by atoms with Gasteiger partial charge in [0.15, 0.2) is 0 Å². The third kappa shape index (κ3) is 4.33. The van der Waals surface area contributed by atoms with Crippen LogP contribution in [0.15, 0.2) is 30.3 Å². The molecule has 0 spiro atoms. The Kier molecular flexibility index (Phi) is 5.29. The van der Waals surface area contributed by atoms with Gasteiger partial charge in [-0.05, 0) is 31.2 Å². The number of Topliss-reactive ketones (excluding diaryl/α,β-unsaturated/α-hetero) is 1. The monoisotopic (exact) mass is 316 g/mol. The van der Waals surface area contributed by atoms with Gasteiger partial charge in [0.05, 0.1) is 3.92 Å². The predicted molar refractivity (Wildman–Crippen MR) is 72.6 cm³/mol. The highest BCUT2D eigenvalue weighted by molar-refractivity contribution is 14.1. The molecular formula is C13H17IO. The number of ketones is 1. The van der Waals surface area contributed by atoms with Gasteiger partial charge in [-0.3, -0.25) is 4.79 Å². The number of carbonyl (C=O) groups is 1. The molecular weight excluding hydrogens is 299 g/mol.